The van der Waals surface area contributed by atoms with Gasteiger partial charge in [-0.3, -0.25) is 0 Å². The lowest BCUT2D eigenvalue weighted by molar-refractivity contribution is 0.624. The maximum absolute atomic E-state index is 13.1. The van der Waals surface area contributed by atoms with Gasteiger partial charge in [-0.1, -0.05) is 12.8 Å². The highest BCUT2D eigenvalue weighted by atomic mass is 32.1. The Kier molecular flexibility index (Phi) is 4.11. The standard InChI is InChI=1S/C13H14FN3S/c14-12-6-5-11(7-9(12)8-15)17-13(18)16-10-3-1-2-4-10/h5-7,10H,1-4H2,(H2,16,17,18). The van der Waals surface area contributed by atoms with Crippen molar-refractivity contribution in [3.63, 3.8) is 0 Å². The molecule has 3 nitrogen and oxygen atoms in total. The van der Waals surface area contributed by atoms with E-state index in [-0.39, 0.29) is 5.56 Å². The van der Waals surface area contributed by atoms with Gasteiger partial charge in [-0.05, 0) is 43.3 Å². The molecule has 0 heterocycles. The first-order chi connectivity index (χ1) is 8.69. The van der Waals surface area contributed by atoms with Gasteiger partial charge < -0.3 is 10.6 Å². The molecule has 0 spiro atoms. The molecule has 1 fully saturated rings. The summed E-state index contributed by atoms with van der Waals surface area (Å²) in [5.74, 6) is -0.516. The van der Waals surface area contributed by atoms with Gasteiger partial charge in [0.15, 0.2) is 5.11 Å². The minimum atomic E-state index is -0.516. The molecule has 0 unspecified atom stereocenters. The maximum Gasteiger partial charge on any atom is 0.170 e. The summed E-state index contributed by atoms with van der Waals surface area (Å²) in [5, 5.41) is 15.5. The zero-order valence-electron chi connectivity index (χ0n) is 9.87. The number of benzene rings is 1. The maximum atomic E-state index is 13.1. The van der Waals surface area contributed by atoms with Crippen LogP contribution in [-0.2, 0) is 0 Å². The van der Waals surface area contributed by atoms with Crippen molar-refractivity contribution in [1.29, 1.82) is 5.26 Å². The van der Waals surface area contributed by atoms with Gasteiger partial charge in [-0.15, -0.1) is 0 Å². The largest absolute Gasteiger partial charge is 0.360 e. The van der Waals surface area contributed by atoms with E-state index in [9.17, 15) is 4.39 Å². The molecule has 0 amide bonds. The van der Waals surface area contributed by atoms with Crippen molar-refractivity contribution < 1.29 is 4.39 Å². The Labute approximate surface area is 111 Å². The summed E-state index contributed by atoms with van der Waals surface area (Å²) in [5.41, 5.74) is 0.645. The minimum absolute atomic E-state index is 0.0173. The second-order valence-electron chi connectivity index (χ2n) is 4.39. The average Bonchev–Trinajstić information content (AvgIpc) is 2.84. The van der Waals surface area contributed by atoms with Gasteiger partial charge in [0.1, 0.15) is 11.9 Å². The van der Waals surface area contributed by atoms with E-state index in [1.165, 1.54) is 25.0 Å². The molecule has 0 aromatic heterocycles. The average molecular weight is 263 g/mol. The number of thiocarbonyl (C=S) groups is 1. The van der Waals surface area contributed by atoms with Crippen LogP contribution in [0.1, 0.15) is 31.2 Å². The SMILES string of the molecule is N#Cc1cc(NC(=S)NC2CCCC2)ccc1F. The van der Waals surface area contributed by atoms with Crippen LogP contribution in [0.4, 0.5) is 10.1 Å². The van der Waals surface area contributed by atoms with Crippen molar-refractivity contribution in [1.82, 2.24) is 5.32 Å². The summed E-state index contributed by atoms with van der Waals surface area (Å²) in [6.45, 7) is 0. The van der Waals surface area contributed by atoms with Gasteiger partial charge in [-0.2, -0.15) is 5.26 Å². The number of hydrogen-bond donors (Lipinski definition) is 2. The van der Waals surface area contributed by atoms with Gasteiger partial charge in [0.2, 0.25) is 0 Å². The van der Waals surface area contributed by atoms with Crippen molar-refractivity contribution in [3.05, 3.63) is 29.6 Å². The zero-order chi connectivity index (χ0) is 13.0. The summed E-state index contributed by atoms with van der Waals surface area (Å²) in [6.07, 6.45) is 4.73. The summed E-state index contributed by atoms with van der Waals surface area (Å²) < 4.78 is 13.1. The lowest BCUT2D eigenvalue weighted by atomic mass is 10.2. The second-order valence-corrected chi connectivity index (χ2v) is 4.79. The molecule has 5 heteroatoms. The molecule has 18 heavy (non-hydrogen) atoms. The molecule has 2 rings (SSSR count). The van der Waals surface area contributed by atoms with Gasteiger partial charge in [0.05, 0.1) is 5.56 Å². The first-order valence-electron chi connectivity index (χ1n) is 5.96. The first kappa shape index (κ1) is 12.8. The molecule has 94 valence electrons. The third kappa shape index (κ3) is 3.17. The summed E-state index contributed by atoms with van der Waals surface area (Å²) in [6, 6.07) is 6.52. The van der Waals surface area contributed by atoms with Crippen molar-refractivity contribution in [3.8, 4) is 6.07 Å². The second kappa shape index (κ2) is 5.78. The molecule has 1 aromatic rings. The van der Waals surface area contributed by atoms with Crippen LogP contribution in [0.3, 0.4) is 0 Å². The smallest absolute Gasteiger partial charge is 0.170 e. The van der Waals surface area contributed by atoms with Gasteiger partial charge in [0.25, 0.3) is 0 Å². The van der Waals surface area contributed by atoms with Crippen LogP contribution >= 0.6 is 12.2 Å². The van der Waals surface area contributed by atoms with E-state index in [1.54, 1.807) is 12.1 Å². The molecular formula is C13H14FN3S. The van der Waals surface area contributed by atoms with Crippen molar-refractivity contribution in [2.45, 2.75) is 31.7 Å². The topological polar surface area (TPSA) is 47.9 Å². The van der Waals surface area contributed by atoms with Crippen LogP contribution in [0.15, 0.2) is 18.2 Å². The Balaban J connectivity index is 1.96. The molecule has 0 saturated heterocycles. The molecule has 1 aliphatic rings. The van der Waals surface area contributed by atoms with Crippen LogP contribution in [0.25, 0.3) is 0 Å². The quantitative estimate of drug-likeness (QED) is 0.805. The molecule has 0 bridgehead atoms. The number of rotatable bonds is 2. The Morgan fingerprint density at radius 1 is 1.39 bits per heavy atom. The molecule has 0 radical (unpaired) electrons. The predicted octanol–water partition coefficient (Wildman–Crippen LogP) is 2.93. The zero-order valence-corrected chi connectivity index (χ0v) is 10.7. The monoisotopic (exact) mass is 263 g/mol. The molecule has 1 aliphatic carbocycles. The van der Waals surface area contributed by atoms with Crippen molar-refractivity contribution >= 4 is 23.0 Å². The van der Waals surface area contributed by atoms with Gasteiger partial charge >= 0.3 is 0 Å². The predicted molar refractivity (Wildman–Crippen MR) is 72.7 cm³/mol. The molecule has 1 saturated carbocycles. The Hall–Kier alpha value is -1.67. The Bertz CT molecular complexity index is 489. The number of halogens is 1. The fraction of sp³-hybridized carbons (Fsp3) is 0.385. The number of hydrogen-bond acceptors (Lipinski definition) is 2. The highest BCUT2D eigenvalue weighted by Gasteiger charge is 2.15. The van der Waals surface area contributed by atoms with E-state index in [4.69, 9.17) is 17.5 Å². The van der Waals surface area contributed by atoms with E-state index in [0.717, 1.165) is 12.8 Å². The lowest BCUT2D eigenvalue weighted by Crippen LogP contribution is -2.35. The fourth-order valence-electron chi connectivity index (χ4n) is 2.11. The third-order valence-corrected chi connectivity index (χ3v) is 3.25. The first-order valence-corrected chi connectivity index (χ1v) is 6.37. The summed E-state index contributed by atoms with van der Waals surface area (Å²) in [7, 11) is 0. The van der Waals surface area contributed by atoms with Gasteiger partial charge in [0, 0.05) is 11.7 Å². The number of nitriles is 1. The minimum Gasteiger partial charge on any atom is -0.360 e. The normalized spacial score (nSPS) is 15.1. The van der Waals surface area contributed by atoms with Crippen LogP contribution in [0.2, 0.25) is 0 Å². The molecule has 2 N–H and O–H groups in total. The van der Waals surface area contributed by atoms with Crippen LogP contribution in [0.5, 0.6) is 0 Å². The van der Waals surface area contributed by atoms with Crippen LogP contribution in [0, 0.1) is 17.1 Å². The molecule has 0 aliphatic heterocycles. The van der Waals surface area contributed by atoms with E-state index >= 15 is 0 Å². The Morgan fingerprint density at radius 2 is 2.11 bits per heavy atom. The summed E-state index contributed by atoms with van der Waals surface area (Å²) >= 11 is 5.19. The van der Waals surface area contributed by atoms with Crippen LogP contribution < -0.4 is 10.6 Å². The summed E-state index contributed by atoms with van der Waals surface area (Å²) in [4.78, 5) is 0. The third-order valence-electron chi connectivity index (χ3n) is 3.04. The molecular weight excluding hydrogens is 249 g/mol. The number of nitrogens with one attached hydrogen (secondary N) is 2. The molecule has 1 aromatic carbocycles. The highest BCUT2D eigenvalue weighted by Crippen LogP contribution is 2.18. The number of nitrogens with zero attached hydrogens (tertiary/aromatic N) is 1. The van der Waals surface area contributed by atoms with Crippen LogP contribution in [-0.4, -0.2) is 11.2 Å². The van der Waals surface area contributed by atoms with Gasteiger partial charge in [-0.25, -0.2) is 4.39 Å². The molecule has 0 atom stereocenters. The van der Waals surface area contributed by atoms with E-state index in [2.05, 4.69) is 10.6 Å². The van der Waals surface area contributed by atoms with E-state index in [1.807, 2.05) is 0 Å². The van der Waals surface area contributed by atoms with Crippen molar-refractivity contribution in [2.24, 2.45) is 0 Å². The van der Waals surface area contributed by atoms with Crippen molar-refractivity contribution in [2.75, 3.05) is 5.32 Å². The Morgan fingerprint density at radius 3 is 2.78 bits per heavy atom. The lowest BCUT2D eigenvalue weighted by Gasteiger charge is -2.15. The number of anilines is 1. The van der Waals surface area contributed by atoms with E-state index < -0.39 is 5.82 Å². The van der Waals surface area contributed by atoms with E-state index in [0.29, 0.717) is 16.8 Å². The highest BCUT2D eigenvalue weighted by molar-refractivity contribution is 7.80. The fourth-order valence-corrected chi connectivity index (χ4v) is 2.40.